The maximum atomic E-state index is 5.61. The van der Waals surface area contributed by atoms with E-state index in [1.807, 2.05) is 12.1 Å². The Balaban J connectivity index is 1.46. The number of nitrogens with zero attached hydrogens (tertiary/aromatic N) is 4. The number of pyridine rings is 1. The molecule has 0 unspecified atom stereocenters. The second-order valence-corrected chi connectivity index (χ2v) is 8.13. The highest BCUT2D eigenvalue weighted by Crippen LogP contribution is 2.38. The minimum absolute atomic E-state index is 0.104. The molecule has 1 aliphatic heterocycles. The lowest BCUT2D eigenvalue weighted by atomic mass is 9.75. The smallest absolute Gasteiger partial charge is 0.258 e. The lowest BCUT2D eigenvalue weighted by Gasteiger charge is -2.39. The molecule has 6 heteroatoms. The molecule has 0 saturated carbocycles. The number of methoxy groups -OCH3 is 1. The molecule has 0 atom stereocenters. The predicted octanol–water partition coefficient (Wildman–Crippen LogP) is 4.26. The van der Waals surface area contributed by atoms with Gasteiger partial charge in [-0.25, -0.2) is 0 Å². The molecule has 0 spiro atoms. The van der Waals surface area contributed by atoms with E-state index in [0.29, 0.717) is 12.5 Å². The van der Waals surface area contributed by atoms with Crippen molar-refractivity contribution in [1.82, 2.24) is 20.0 Å². The first kappa shape index (κ1) is 20.7. The third-order valence-electron chi connectivity index (χ3n) is 6.26. The molecule has 0 N–H and O–H groups in total. The zero-order valence-corrected chi connectivity index (χ0v) is 17.9. The summed E-state index contributed by atoms with van der Waals surface area (Å²) in [6, 6.07) is 12.8. The van der Waals surface area contributed by atoms with Gasteiger partial charge in [0.25, 0.3) is 5.89 Å². The third-order valence-corrected chi connectivity index (χ3v) is 6.26. The van der Waals surface area contributed by atoms with E-state index in [1.165, 1.54) is 11.1 Å². The minimum atomic E-state index is -0.104. The fourth-order valence-corrected chi connectivity index (χ4v) is 4.21. The summed E-state index contributed by atoms with van der Waals surface area (Å²) in [4.78, 5) is 11.4. The first-order chi connectivity index (χ1) is 14.7. The number of hydrogen-bond acceptors (Lipinski definition) is 6. The molecule has 0 amide bonds. The normalized spacial score (nSPS) is 16.6. The molecule has 0 aliphatic carbocycles. The molecule has 30 heavy (non-hydrogen) atoms. The number of piperidine rings is 1. The van der Waals surface area contributed by atoms with Gasteiger partial charge in [0, 0.05) is 43.6 Å². The molecule has 1 aromatic carbocycles. The number of aromatic nitrogens is 3. The number of aryl methyl sites for hydroxylation is 1. The second kappa shape index (κ2) is 9.49. The van der Waals surface area contributed by atoms with E-state index in [2.05, 4.69) is 46.2 Å². The molecule has 1 aliphatic rings. The number of hydrogen-bond donors (Lipinski definition) is 0. The summed E-state index contributed by atoms with van der Waals surface area (Å²) in [7, 11) is 1.75. The van der Waals surface area contributed by atoms with E-state index in [-0.39, 0.29) is 5.41 Å². The topological polar surface area (TPSA) is 64.3 Å². The average molecular weight is 407 g/mol. The zero-order chi connectivity index (χ0) is 20.8. The Morgan fingerprint density at radius 2 is 1.73 bits per heavy atom. The summed E-state index contributed by atoms with van der Waals surface area (Å²) in [6.45, 7) is 5.89. The van der Waals surface area contributed by atoms with Crippen LogP contribution < -0.4 is 0 Å². The van der Waals surface area contributed by atoms with Gasteiger partial charge in [0.05, 0.1) is 0 Å². The highest BCUT2D eigenvalue weighted by molar-refractivity contribution is 5.51. The zero-order valence-electron chi connectivity index (χ0n) is 17.9. The van der Waals surface area contributed by atoms with Crippen LogP contribution >= 0.6 is 0 Å². The van der Waals surface area contributed by atoms with Gasteiger partial charge in [-0.1, -0.05) is 36.3 Å². The molecule has 1 saturated heterocycles. The van der Waals surface area contributed by atoms with Crippen molar-refractivity contribution in [3.8, 4) is 11.5 Å². The van der Waals surface area contributed by atoms with Gasteiger partial charge in [-0.2, -0.15) is 4.98 Å². The standard InChI is InChI=1S/C24H30N4O2/c1-3-19-4-6-20(7-5-19)18-28-15-10-24(11-16-28,12-17-29-2)23-26-22(30-27-23)21-8-13-25-14-9-21/h4-9,13-14H,3,10-12,15-18H2,1-2H3. The Morgan fingerprint density at radius 1 is 1.03 bits per heavy atom. The molecule has 2 aromatic heterocycles. The summed E-state index contributed by atoms with van der Waals surface area (Å²) >= 11 is 0. The van der Waals surface area contributed by atoms with Crippen LogP contribution in [0.5, 0.6) is 0 Å². The van der Waals surface area contributed by atoms with E-state index < -0.39 is 0 Å². The Kier molecular flexibility index (Phi) is 6.55. The van der Waals surface area contributed by atoms with Crippen molar-refractivity contribution < 1.29 is 9.26 Å². The highest BCUT2D eigenvalue weighted by Gasteiger charge is 2.40. The van der Waals surface area contributed by atoms with Crippen LogP contribution in [0.15, 0.2) is 53.3 Å². The molecular weight excluding hydrogens is 376 g/mol. The quantitative estimate of drug-likeness (QED) is 0.557. The molecule has 0 bridgehead atoms. The summed E-state index contributed by atoms with van der Waals surface area (Å²) in [5, 5.41) is 4.39. The lowest BCUT2D eigenvalue weighted by molar-refractivity contribution is 0.103. The first-order valence-electron chi connectivity index (χ1n) is 10.8. The van der Waals surface area contributed by atoms with Crippen LogP contribution in [-0.2, 0) is 23.1 Å². The molecule has 158 valence electrons. The fourth-order valence-electron chi connectivity index (χ4n) is 4.21. The van der Waals surface area contributed by atoms with Crippen molar-refractivity contribution in [2.75, 3.05) is 26.8 Å². The highest BCUT2D eigenvalue weighted by atomic mass is 16.5. The van der Waals surface area contributed by atoms with E-state index in [1.54, 1.807) is 19.5 Å². The minimum Gasteiger partial charge on any atom is -0.385 e. The molecular formula is C24H30N4O2. The van der Waals surface area contributed by atoms with Crippen LogP contribution in [0.2, 0.25) is 0 Å². The molecule has 3 heterocycles. The Morgan fingerprint density at radius 3 is 2.40 bits per heavy atom. The molecule has 4 rings (SSSR count). The Bertz CT molecular complexity index is 916. The predicted molar refractivity (Wildman–Crippen MR) is 116 cm³/mol. The van der Waals surface area contributed by atoms with Gasteiger partial charge < -0.3 is 9.26 Å². The van der Waals surface area contributed by atoms with Crippen LogP contribution in [0, 0.1) is 0 Å². The summed E-state index contributed by atoms with van der Waals surface area (Å²) in [5.41, 5.74) is 3.56. The van der Waals surface area contributed by atoms with Crippen LogP contribution in [0.4, 0.5) is 0 Å². The first-order valence-corrected chi connectivity index (χ1v) is 10.8. The fraction of sp³-hybridized carbons (Fsp3) is 0.458. The number of rotatable bonds is 8. The Hall–Kier alpha value is -2.57. The van der Waals surface area contributed by atoms with E-state index in [4.69, 9.17) is 14.2 Å². The summed E-state index contributed by atoms with van der Waals surface area (Å²) in [6.07, 6.45) is 7.46. The van der Waals surface area contributed by atoms with Crippen molar-refractivity contribution in [3.63, 3.8) is 0 Å². The van der Waals surface area contributed by atoms with Crippen LogP contribution in [-0.4, -0.2) is 46.8 Å². The van der Waals surface area contributed by atoms with Gasteiger partial charge in [-0.05, 0) is 62.0 Å². The second-order valence-electron chi connectivity index (χ2n) is 8.13. The van der Waals surface area contributed by atoms with Crippen LogP contribution in [0.1, 0.15) is 43.1 Å². The Labute approximate surface area is 178 Å². The molecule has 6 nitrogen and oxygen atoms in total. The third kappa shape index (κ3) is 4.60. The maximum absolute atomic E-state index is 5.61. The van der Waals surface area contributed by atoms with Crippen molar-refractivity contribution >= 4 is 0 Å². The van der Waals surface area contributed by atoms with Gasteiger partial charge in [0.15, 0.2) is 5.82 Å². The summed E-state index contributed by atoms with van der Waals surface area (Å²) in [5.74, 6) is 1.36. The van der Waals surface area contributed by atoms with Gasteiger partial charge >= 0.3 is 0 Å². The van der Waals surface area contributed by atoms with Gasteiger partial charge in [0.1, 0.15) is 0 Å². The van der Waals surface area contributed by atoms with Crippen LogP contribution in [0.25, 0.3) is 11.5 Å². The van der Waals surface area contributed by atoms with Crippen LogP contribution in [0.3, 0.4) is 0 Å². The average Bonchev–Trinajstić information content (AvgIpc) is 3.31. The number of likely N-dealkylation sites (tertiary alicyclic amines) is 1. The van der Waals surface area contributed by atoms with Crippen molar-refractivity contribution in [2.24, 2.45) is 0 Å². The molecule has 3 aromatic rings. The SMILES string of the molecule is CCc1ccc(CN2CCC(CCOC)(c3noc(-c4ccncc4)n3)CC2)cc1. The number of ether oxygens (including phenoxy) is 1. The molecule has 0 radical (unpaired) electrons. The van der Waals surface area contributed by atoms with E-state index >= 15 is 0 Å². The van der Waals surface area contributed by atoms with E-state index in [0.717, 1.165) is 56.7 Å². The molecule has 1 fully saturated rings. The van der Waals surface area contributed by atoms with Crippen molar-refractivity contribution in [1.29, 1.82) is 0 Å². The lowest BCUT2D eigenvalue weighted by Crippen LogP contribution is -2.43. The van der Waals surface area contributed by atoms with Gasteiger partial charge in [0.2, 0.25) is 0 Å². The van der Waals surface area contributed by atoms with Crippen molar-refractivity contribution in [2.45, 2.75) is 44.6 Å². The summed E-state index contributed by atoms with van der Waals surface area (Å²) < 4.78 is 11.0. The number of benzene rings is 1. The van der Waals surface area contributed by atoms with Gasteiger partial charge in [-0.15, -0.1) is 0 Å². The maximum Gasteiger partial charge on any atom is 0.258 e. The largest absolute Gasteiger partial charge is 0.385 e. The monoisotopic (exact) mass is 406 g/mol. The van der Waals surface area contributed by atoms with E-state index in [9.17, 15) is 0 Å². The van der Waals surface area contributed by atoms with Gasteiger partial charge in [-0.3, -0.25) is 9.88 Å². The van der Waals surface area contributed by atoms with Crippen molar-refractivity contribution in [3.05, 3.63) is 65.7 Å².